The minimum atomic E-state index is -0.0854. The molecule has 30 heavy (non-hydrogen) atoms. The van der Waals surface area contributed by atoms with E-state index in [0.29, 0.717) is 22.5 Å². The lowest BCUT2D eigenvalue weighted by Gasteiger charge is -2.09. The van der Waals surface area contributed by atoms with Gasteiger partial charge in [-0.15, -0.1) is 11.3 Å². The van der Waals surface area contributed by atoms with Crippen LogP contribution in [0.2, 0.25) is 0 Å². The van der Waals surface area contributed by atoms with E-state index in [0.717, 1.165) is 36.2 Å². The molecule has 0 atom stereocenters. The van der Waals surface area contributed by atoms with Crippen molar-refractivity contribution in [1.29, 1.82) is 0 Å². The molecule has 1 aromatic carbocycles. The predicted molar refractivity (Wildman–Crippen MR) is 119 cm³/mol. The number of nitrogens with zero attached hydrogens (tertiary/aromatic N) is 3. The third kappa shape index (κ3) is 4.16. The van der Waals surface area contributed by atoms with E-state index in [1.165, 1.54) is 11.3 Å². The van der Waals surface area contributed by atoms with E-state index >= 15 is 0 Å². The number of hydrogen-bond donors (Lipinski definition) is 1. The van der Waals surface area contributed by atoms with Gasteiger partial charge in [0.1, 0.15) is 0 Å². The van der Waals surface area contributed by atoms with Crippen molar-refractivity contribution in [3.8, 4) is 11.3 Å². The van der Waals surface area contributed by atoms with Crippen molar-refractivity contribution in [2.75, 3.05) is 5.32 Å². The number of nitrogens with one attached hydrogen (secondary N) is 1. The average molecular weight is 419 g/mol. The Morgan fingerprint density at radius 1 is 1.13 bits per heavy atom. The summed E-state index contributed by atoms with van der Waals surface area (Å²) in [7, 11) is 0. The lowest BCUT2D eigenvalue weighted by atomic mass is 10.1. The Balaban J connectivity index is 1.62. The lowest BCUT2D eigenvalue weighted by Crippen LogP contribution is -2.11. The summed E-state index contributed by atoms with van der Waals surface area (Å²) < 4.78 is 1.67. The average Bonchev–Trinajstić information content (AvgIpc) is 3.44. The number of anilines is 1. The number of unbranched alkanes of at least 4 members (excludes halogenated alkanes) is 2. The summed E-state index contributed by atoms with van der Waals surface area (Å²) in [6.45, 7) is 2.12. The maximum absolute atomic E-state index is 12.8. The molecular formula is C23H22N4O2S. The van der Waals surface area contributed by atoms with Crippen molar-refractivity contribution in [2.45, 2.75) is 32.6 Å². The number of ketones is 1. The zero-order chi connectivity index (χ0) is 20.9. The summed E-state index contributed by atoms with van der Waals surface area (Å²) >= 11 is 1.40. The van der Waals surface area contributed by atoms with E-state index in [1.54, 1.807) is 23.0 Å². The third-order valence-corrected chi connectivity index (χ3v) is 5.71. The molecule has 0 bridgehead atoms. The first-order valence-corrected chi connectivity index (χ1v) is 10.9. The second-order valence-electron chi connectivity index (χ2n) is 7.02. The number of fused-ring (bicyclic) bond motifs is 1. The van der Waals surface area contributed by atoms with Crippen LogP contribution in [0.5, 0.6) is 0 Å². The molecule has 0 saturated carbocycles. The molecule has 1 amide bonds. The van der Waals surface area contributed by atoms with Gasteiger partial charge >= 0.3 is 0 Å². The summed E-state index contributed by atoms with van der Waals surface area (Å²) in [5.41, 5.74) is 3.40. The molecule has 0 radical (unpaired) electrons. The fraction of sp³-hybridized carbons (Fsp3) is 0.217. The van der Waals surface area contributed by atoms with Gasteiger partial charge in [0.05, 0.1) is 22.3 Å². The number of benzene rings is 1. The van der Waals surface area contributed by atoms with Crippen LogP contribution >= 0.6 is 11.3 Å². The van der Waals surface area contributed by atoms with Crippen LogP contribution in [0.1, 0.15) is 47.8 Å². The first-order valence-electron chi connectivity index (χ1n) is 9.98. The Bertz CT molecular complexity index is 1180. The predicted octanol–water partition coefficient (Wildman–Crippen LogP) is 5.21. The van der Waals surface area contributed by atoms with Gasteiger partial charge in [0.2, 0.25) is 11.7 Å². The first kappa shape index (κ1) is 20.0. The summed E-state index contributed by atoms with van der Waals surface area (Å²) in [6.07, 6.45) is 6.78. The third-order valence-electron chi connectivity index (χ3n) is 4.84. The molecule has 7 heteroatoms. The second-order valence-corrected chi connectivity index (χ2v) is 7.96. The molecule has 6 nitrogen and oxygen atoms in total. The van der Waals surface area contributed by atoms with Crippen LogP contribution in [0.3, 0.4) is 0 Å². The smallest absolute Gasteiger partial charge is 0.224 e. The molecule has 3 aromatic heterocycles. The standard InChI is InChI=1S/C23H22N4O2S/c1-2-3-4-10-21(28)26-17-8-5-7-16(14-17)19-11-12-24-23-18(15-25-27(19)23)22(29)20-9-6-13-30-20/h5-9,11-15H,2-4,10H2,1H3,(H,26,28). The highest BCUT2D eigenvalue weighted by atomic mass is 32.1. The first-order chi connectivity index (χ1) is 14.7. The van der Waals surface area contributed by atoms with Crippen molar-refractivity contribution >= 4 is 34.4 Å². The maximum atomic E-state index is 12.8. The fourth-order valence-corrected chi connectivity index (χ4v) is 4.00. The molecule has 1 N–H and O–H groups in total. The second kappa shape index (κ2) is 9.00. The van der Waals surface area contributed by atoms with Crippen molar-refractivity contribution in [1.82, 2.24) is 14.6 Å². The molecule has 152 valence electrons. The van der Waals surface area contributed by atoms with Crippen molar-refractivity contribution in [2.24, 2.45) is 0 Å². The minimum absolute atomic E-state index is 0.0170. The number of amides is 1. The molecule has 0 saturated heterocycles. The van der Waals surface area contributed by atoms with Gasteiger partial charge in [-0.1, -0.05) is 38.0 Å². The Morgan fingerprint density at radius 3 is 2.83 bits per heavy atom. The highest BCUT2D eigenvalue weighted by Gasteiger charge is 2.18. The van der Waals surface area contributed by atoms with Gasteiger partial charge in [-0.2, -0.15) is 5.10 Å². The Hall–Kier alpha value is -3.32. The molecule has 0 fully saturated rings. The van der Waals surface area contributed by atoms with Crippen LogP contribution in [0.4, 0.5) is 5.69 Å². The van der Waals surface area contributed by atoms with Gasteiger partial charge in [-0.25, -0.2) is 9.50 Å². The van der Waals surface area contributed by atoms with E-state index in [9.17, 15) is 9.59 Å². The van der Waals surface area contributed by atoms with Gasteiger partial charge in [0.25, 0.3) is 0 Å². The molecule has 4 aromatic rings. The number of carbonyl (C=O) groups excluding carboxylic acids is 2. The number of rotatable bonds is 8. The van der Waals surface area contributed by atoms with Gasteiger partial charge in [0, 0.05) is 23.9 Å². The maximum Gasteiger partial charge on any atom is 0.224 e. The van der Waals surface area contributed by atoms with E-state index in [4.69, 9.17) is 0 Å². The number of carbonyl (C=O) groups is 2. The zero-order valence-electron chi connectivity index (χ0n) is 16.7. The van der Waals surface area contributed by atoms with Crippen LogP contribution in [0.25, 0.3) is 16.9 Å². The topological polar surface area (TPSA) is 76.4 Å². The molecule has 0 aliphatic heterocycles. The molecule has 4 rings (SSSR count). The van der Waals surface area contributed by atoms with E-state index in [1.807, 2.05) is 41.8 Å². The zero-order valence-corrected chi connectivity index (χ0v) is 17.5. The molecular weight excluding hydrogens is 396 g/mol. The highest BCUT2D eigenvalue weighted by Crippen LogP contribution is 2.25. The van der Waals surface area contributed by atoms with Crippen LogP contribution in [0.15, 0.2) is 60.2 Å². The minimum Gasteiger partial charge on any atom is -0.326 e. The Morgan fingerprint density at radius 2 is 2.03 bits per heavy atom. The molecule has 0 unspecified atom stereocenters. The van der Waals surface area contributed by atoms with Crippen molar-refractivity contribution < 1.29 is 9.59 Å². The quantitative estimate of drug-likeness (QED) is 0.315. The number of thiophene rings is 1. The van der Waals surface area contributed by atoms with E-state index in [-0.39, 0.29) is 11.7 Å². The summed E-state index contributed by atoms with van der Waals surface area (Å²) in [5, 5.41) is 9.26. The van der Waals surface area contributed by atoms with Crippen LogP contribution < -0.4 is 5.32 Å². The summed E-state index contributed by atoms with van der Waals surface area (Å²) in [4.78, 5) is 30.0. The van der Waals surface area contributed by atoms with Crippen molar-refractivity contribution in [3.05, 3.63) is 70.7 Å². The largest absolute Gasteiger partial charge is 0.326 e. The van der Waals surface area contributed by atoms with Gasteiger partial charge < -0.3 is 5.32 Å². The summed E-state index contributed by atoms with van der Waals surface area (Å²) in [5.74, 6) is -0.0684. The van der Waals surface area contributed by atoms with Crippen molar-refractivity contribution in [3.63, 3.8) is 0 Å². The van der Waals surface area contributed by atoms with Crippen LogP contribution in [-0.2, 0) is 4.79 Å². The summed E-state index contributed by atoms with van der Waals surface area (Å²) in [6, 6.07) is 13.1. The van der Waals surface area contributed by atoms with Crippen LogP contribution in [0, 0.1) is 0 Å². The van der Waals surface area contributed by atoms with Crippen LogP contribution in [-0.4, -0.2) is 26.3 Å². The number of hydrogen-bond acceptors (Lipinski definition) is 5. The molecule has 0 aliphatic carbocycles. The SMILES string of the molecule is CCCCCC(=O)Nc1cccc(-c2ccnc3c(C(=O)c4cccs4)cnn23)c1. The van der Waals surface area contributed by atoms with Gasteiger partial charge in [-0.3, -0.25) is 9.59 Å². The molecule has 0 aliphatic rings. The fourth-order valence-electron chi connectivity index (χ4n) is 3.33. The Labute approximate surface area is 178 Å². The normalized spacial score (nSPS) is 11.0. The van der Waals surface area contributed by atoms with Gasteiger partial charge in [-0.05, 0) is 36.1 Å². The number of aromatic nitrogens is 3. The van der Waals surface area contributed by atoms with E-state index < -0.39 is 0 Å². The lowest BCUT2D eigenvalue weighted by molar-refractivity contribution is -0.116. The monoisotopic (exact) mass is 418 g/mol. The molecule has 3 heterocycles. The highest BCUT2D eigenvalue weighted by molar-refractivity contribution is 7.12. The van der Waals surface area contributed by atoms with Gasteiger partial charge in [0.15, 0.2) is 5.65 Å². The van der Waals surface area contributed by atoms with E-state index in [2.05, 4.69) is 22.3 Å². The molecule has 0 spiro atoms. The Kier molecular flexibility index (Phi) is 5.99.